The average Bonchev–Trinajstić information content (AvgIpc) is 3.04. The molecule has 0 fully saturated rings. The van der Waals surface area contributed by atoms with E-state index in [0.29, 0.717) is 0 Å². The highest BCUT2D eigenvalue weighted by Crippen LogP contribution is 2.23. The second-order valence-corrected chi connectivity index (χ2v) is 5.73. The van der Waals surface area contributed by atoms with E-state index >= 15 is 0 Å². The maximum Gasteiger partial charge on any atom is 0.163 e. The van der Waals surface area contributed by atoms with Gasteiger partial charge in [-0.3, -0.25) is 4.68 Å². The number of hydrogen-bond donors (Lipinski definition) is 2. The largest absolute Gasteiger partial charge is 0.368 e. The monoisotopic (exact) mass is 304 g/mol. The van der Waals surface area contributed by atoms with Gasteiger partial charge in [0.1, 0.15) is 16.7 Å². The highest BCUT2D eigenvalue weighted by Gasteiger charge is 2.13. The smallest absolute Gasteiger partial charge is 0.163 e. The second kappa shape index (κ2) is 5.68. The van der Waals surface area contributed by atoms with Crippen molar-refractivity contribution >= 4 is 28.6 Å². The zero-order chi connectivity index (χ0) is 14.8. The van der Waals surface area contributed by atoms with E-state index in [9.17, 15) is 0 Å². The zero-order valence-electron chi connectivity index (χ0n) is 12.1. The molecule has 8 nitrogen and oxygen atoms in total. The molecule has 0 spiro atoms. The van der Waals surface area contributed by atoms with Crippen LogP contribution in [0.2, 0.25) is 0 Å². The first-order chi connectivity index (χ1) is 10.1. The lowest BCUT2D eigenvalue weighted by molar-refractivity contribution is 0.771. The predicted octanol–water partition coefficient (Wildman–Crippen LogP) is 1.30. The van der Waals surface area contributed by atoms with E-state index in [0.717, 1.165) is 45.7 Å². The minimum Gasteiger partial charge on any atom is -0.368 e. The van der Waals surface area contributed by atoms with Crippen LogP contribution in [-0.2, 0) is 7.05 Å². The number of rotatable bonds is 5. The lowest BCUT2D eigenvalue weighted by Gasteiger charge is -2.07. The molecule has 0 aliphatic carbocycles. The molecule has 21 heavy (non-hydrogen) atoms. The van der Waals surface area contributed by atoms with E-state index in [2.05, 4.69) is 35.8 Å². The van der Waals surface area contributed by atoms with Crippen LogP contribution < -0.4 is 5.32 Å². The Bertz CT molecular complexity index is 748. The number of thioether (sulfide) groups is 1. The standard InChI is InChI=1S/C12H16N8S/c1-7-10-11(13-4-5-21-9-6-14-19-17-9)15-8(2)16-12(10)20(3)18-7/h6H,4-5H2,1-3H3,(H,13,15,16)(H,14,17,19). The maximum atomic E-state index is 4.49. The summed E-state index contributed by atoms with van der Waals surface area (Å²) in [7, 11) is 1.89. The summed E-state index contributed by atoms with van der Waals surface area (Å²) in [6, 6.07) is 0. The highest BCUT2D eigenvalue weighted by molar-refractivity contribution is 7.99. The Morgan fingerprint density at radius 1 is 1.33 bits per heavy atom. The number of hydrogen-bond acceptors (Lipinski definition) is 7. The van der Waals surface area contributed by atoms with Crippen molar-refractivity contribution in [2.75, 3.05) is 17.6 Å². The quantitative estimate of drug-likeness (QED) is 0.541. The number of aromatic amines is 1. The molecule has 0 bridgehead atoms. The summed E-state index contributed by atoms with van der Waals surface area (Å²) in [5, 5.41) is 20.0. The van der Waals surface area contributed by atoms with E-state index in [4.69, 9.17) is 0 Å². The summed E-state index contributed by atoms with van der Waals surface area (Å²) >= 11 is 1.63. The Hall–Kier alpha value is -2.16. The van der Waals surface area contributed by atoms with Crippen LogP contribution in [0.3, 0.4) is 0 Å². The van der Waals surface area contributed by atoms with Gasteiger partial charge in [0.2, 0.25) is 0 Å². The third-order valence-corrected chi connectivity index (χ3v) is 3.91. The SMILES string of the molecule is Cc1nc(NCCSc2cn[nH]n2)c2c(C)nn(C)c2n1. The summed E-state index contributed by atoms with van der Waals surface area (Å²) in [4.78, 5) is 8.94. The van der Waals surface area contributed by atoms with E-state index in [1.807, 2.05) is 20.9 Å². The van der Waals surface area contributed by atoms with Gasteiger partial charge in [0.15, 0.2) is 5.65 Å². The van der Waals surface area contributed by atoms with Gasteiger partial charge in [0.05, 0.1) is 17.3 Å². The highest BCUT2D eigenvalue weighted by atomic mass is 32.2. The van der Waals surface area contributed by atoms with Gasteiger partial charge in [0, 0.05) is 19.3 Å². The van der Waals surface area contributed by atoms with Crippen LogP contribution in [0.25, 0.3) is 11.0 Å². The number of nitrogens with one attached hydrogen (secondary N) is 2. The molecule has 9 heteroatoms. The van der Waals surface area contributed by atoms with Crippen molar-refractivity contribution in [2.45, 2.75) is 18.9 Å². The fraction of sp³-hybridized carbons (Fsp3) is 0.417. The van der Waals surface area contributed by atoms with Crippen LogP contribution in [0.1, 0.15) is 11.5 Å². The molecule has 0 radical (unpaired) electrons. The van der Waals surface area contributed by atoms with E-state index < -0.39 is 0 Å². The van der Waals surface area contributed by atoms with Crippen molar-refractivity contribution in [2.24, 2.45) is 7.05 Å². The molecule has 2 N–H and O–H groups in total. The van der Waals surface area contributed by atoms with Gasteiger partial charge in [-0.25, -0.2) is 9.97 Å². The first-order valence-electron chi connectivity index (χ1n) is 6.55. The van der Waals surface area contributed by atoms with Crippen molar-refractivity contribution in [3.63, 3.8) is 0 Å². The lowest BCUT2D eigenvalue weighted by Crippen LogP contribution is -2.08. The Balaban J connectivity index is 1.74. The first kappa shape index (κ1) is 13.8. The lowest BCUT2D eigenvalue weighted by atomic mass is 10.3. The molecular weight excluding hydrogens is 288 g/mol. The minimum atomic E-state index is 0.733. The van der Waals surface area contributed by atoms with Crippen LogP contribution >= 0.6 is 11.8 Å². The second-order valence-electron chi connectivity index (χ2n) is 4.61. The van der Waals surface area contributed by atoms with Gasteiger partial charge in [0.25, 0.3) is 0 Å². The topological polar surface area (TPSA) is 97.2 Å². The summed E-state index contributed by atoms with van der Waals surface area (Å²) in [5.41, 5.74) is 1.78. The molecule has 3 aromatic rings. The van der Waals surface area contributed by atoms with Crippen LogP contribution in [0.4, 0.5) is 5.82 Å². The molecule has 3 rings (SSSR count). The van der Waals surface area contributed by atoms with Crippen LogP contribution in [0.5, 0.6) is 0 Å². The summed E-state index contributed by atoms with van der Waals surface area (Å²) in [6.45, 7) is 4.63. The molecule has 3 heterocycles. The van der Waals surface area contributed by atoms with Gasteiger partial charge in [-0.2, -0.15) is 15.4 Å². The molecule has 0 unspecified atom stereocenters. The molecule has 3 aromatic heterocycles. The molecule has 0 saturated heterocycles. The summed E-state index contributed by atoms with van der Waals surface area (Å²) in [5.74, 6) is 2.44. The van der Waals surface area contributed by atoms with Crippen LogP contribution in [0.15, 0.2) is 11.2 Å². The maximum absolute atomic E-state index is 4.49. The fourth-order valence-electron chi connectivity index (χ4n) is 2.16. The molecule has 110 valence electrons. The fourth-order valence-corrected chi connectivity index (χ4v) is 2.81. The number of aromatic nitrogens is 7. The Kier molecular flexibility index (Phi) is 3.74. The molecule has 0 saturated carbocycles. The molecule has 0 aromatic carbocycles. The molecule has 0 aliphatic rings. The van der Waals surface area contributed by atoms with Gasteiger partial charge in [-0.15, -0.1) is 16.9 Å². The number of fused-ring (bicyclic) bond motifs is 1. The van der Waals surface area contributed by atoms with Gasteiger partial charge >= 0.3 is 0 Å². The first-order valence-corrected chi connectivity index (χ1v) is 7.54. The zero-order valence-corrected chi connectivity index (χ0v) is 12.9. The summed E-state index contributed by atoms with van der Waals surface area (Å²) < 4.78 is 1.79. The van der Waals surface area contributed by atoms with Crippen LogP contribution in [0, 0.1) is 13.8 Å². The van der Waals surface area contributed by atoms with Crippen molar-refractivity contribution in [1.82, 2.24) is 35.2 Å². The van der Waals surface area contributed by atoms with Gasteiger partial charge in [-0.1, -0.05) is 0 Å². The number of aryl methyl sites for hydroxylation is 3. The number of anilines is 1. The Morgan fingerprint density at radius 2 is 2.19 bits per heavy atom. The molecule has 0 atom stereocenters. The average molecular weight is 304 g/mol. The third kappa shape index (κ3) is 2.82. The van der Waals surface area contributed by atoms with Crippen molar-refractivity contribution in [3.8, 4) is 0 Å². The van der Waals surface area contributed by atoms with Crippen molar-refractivity contribution in [1.29, 1.82) is 0 Å². The van der Waals surface area contributed by atoms with Gasteiger partial charge in [-0.05, 0) is 13.8 Å². The van der Waals surface area contributed by atoms with E-state index in [1.165, 1.54) is 0 Å². The van der Waals surface area contributed by atoms with Crippen LogP contribution in [-0.4, -0.2) is 47.5 Å². The minimum absolute atomic E-state index is 0.733. The van der Waals surface area contributed by atoms with E-state index in [1.54, 1.807) is 22.6 Å². The predicted molar refractivity (Wildman–Crippen MR) is 81.4 cm³/mol. The number of H-pyrrole nitrogens is 1. The third-order valence-electron chi connectivity index (χ3n) is 3.01. The Labute approximate surface area is 125 Å². The Morgan fingerprint density at radius 3 is 2.95 bits per heavy atom. The normalized spacial score (nSPS) is 11.2. The van der Waals surface area contributed by atoms with E-state index in [-0.39, 0.29) is 0 Å². The number of nitrogens with zero attached hydrogens (tertiary/aromatic N) is 6. The van der Waals surface area contributed by atoms with Crippen molar-refractivity contribution < 1.29 is 0 Å². The van der Waals surface area contributed by atoms with Crippen molar-refractivity contribution in [3.05, 3.63) is 17.7 Å². The molecule has 0 aliphatic heterocycles. The molecule has 0 amide bonds. The molecular formula is C12H16N8S. The van der Waals surface area contributed by atoms with Gasteiger partial charge < -0.3 is 5.32 Å². The summed E-state index contributed by atoms with van der Waals surface area (Å²) in [6.07, 6.45) is 1.71.